The Morgan fingerprint density at radius 1 is 1.25 bits per heavy atom. The maximum Gasteiger partial charge on any atom is 0.124 e. The fourth-order valence-corrected chi connectivity index (χ4v) is 4.28. The summed E-state index contributed by atoms with van der Waals surface area (Å²) in [6, 6.07) is 7.75. The van der Waals surface area contributed by atoms with Gasteiger partial charge in [-0.05, 0) is 56.8 Å². The lowest BCUT2D eigenvalue weighted by atomic mass is 9.85. The summed E-state index contributed by atoms with van der Waals surface area (Å²) in [6.45, 7) is 2.13. The highest BCUT2D eigenvalue weighted by Crippen LogP contribution is 2.44. The molecule has 3 heteroatoms. The average Bonchev–Trinajstić information content (AvgIpc) is 3.00. The second-order valence-electron chi connectivity index (χ2n) is 6.67. The lowest BCUT2D eigenvalue weighted by molar-refractivity contribution is 0.184. The van der Waals surface area contributed by atoms with Crippen molar-refractivity contribution in [2.45, 2.75) is 51.1 Å². The largest absolute Gasteiger partial charge is 0.341 e. The Morgan fingerprint density at radius 2 is 2.10 bits per heavy atom. The molecule has 0 unspecified atom stereocenters. The molecule has 1 aromatic heterocycles. The van der Waals surface area contributed by atoms with E-state index in [-0.39, 0.29) is 0 Å². The van der Waals surface area contributed by atoms with Gasteiger partial charge in [-0.1, -0.05) is 18.9 Å². The molecule has 0 spiro atoms. The predicted molar refractivity (Wildman–Crippen MR) is 81.7 cm³/mol. The van der Waals surface area contributed by atoms with Gasteiger partial charge >= 0.3 is 0 Å². The van der Waals surface area contributed by atoms with E-state index >= 15 is 0 Å². The molecule has 2 fully saturated rings. The minimum absolute atomic E-state index is 0.482. The highest BCUT2D eigenvalue weighted by Gasteiger charge is 2.41. The van der Waals surface area contributed by atoms with E-state index in [0.29, 0.717) is 6.04 Å². The summed E-state index contributed by atoms with van der Waals surface area (Å²) in [5, 5.41) is 0. The Bertz CT molecular complexity index is 630. The number of H-pyrrole nitrogens is 1. The number of benzene rings is 1. The van der Waals surface area contributed by atoms with Gasteiger partial charge in [-0.15, -0.1) is 0 Å². The maximum atomic E-state index is 4.87. The highest BCUT2D eigenvalue weighted by molar-refractivity contribution is 5.75. The van der Waals surface area contributed by atoms with Crippen LogP contribution in [0.25, 0.3) is 11.0 Å². The van der Waals surface area contributed by atoms with Crippen LogP contribution in [-0.2, 0) is 0 Å². The molecule has 2 aromatic rings. The van der Waals surface area contributed by atoms with Crippen molar-refractivity contribution in [3.8, 4) is 0 Å². The first-order valence-corrected chi connectivity index (χ1v) is 7.90. The molecular weight excluding hydrogens is 246 g/mol. The Hall–Kier alpha value is -1.35. The van der Waals surface area contributed by atoms with Crippen molar-refractivity contribution in [2.24, 2.45) is 5.92 Å². The number of imidazole rings is 1. The van der Waals surface area contributed by atoms with Crippen LogP contribution in [0.1, 0.15) is 49.5 Å². The van der Waals surface area contributed by atoms with E-state index in [0.717, 1.165) is 17.5 Å². The number of hydrogen-bond donors (Lipinski definition) is 1. The molecule has 2 heterocycles. The summed E-state index contributed by atoms with van der Waals surface area (Å²) in [5.41, 5.74) is 3.57. The first kappa shape index (κ1) is 12.4. The van der Waals surface area contributed by atoms with Gasteiger partial charge in [0, 0.05) is 6.04 Å². The van der Waals surface area contributed by atoms with E-state index in [4.69, 9.17) is 4.98 Å². The SMILES string of the molecule is Cc1ccc2[nH]c([C@@H]3C[C@@H]4CCCC[C@@H]4N3C)nc2c1. The quantitative estimate of drug-likeness (QED) is 0.853. The van der Waals surface area contributed by atoms with E-state index in [1.54, 1.807) is 0 Å². The molecule has 0 radical (unpaired) electrons. The van der Waals surface area contributed by atoms with Crippen LogP contribution < -0.4 is 0 Å². The summed E-state index contributed by atoms with van der Waals surface area (Å²) in [4.78, 5) is 11.0. The summed E-state index contributed by atoms with van der Waals surface area (Å²) < 4.78 is 0. The number of fused-ring (bicyclic) bond motifs is 2. The predicted octanol–water partition coefficient (Wildman–Crippen LogP) is 3.81. The lowest BCUT2D eigenvalue weighted by Crippen LogP contribution is -2.32. The Morgan fingerprint density at radius 3 is 2.95 bits per heavy atom. The Kier molecular flexibility index (Phi) is 2.84. The van der Waals surface area contributed by atoms with Gasteiger partial charge in [0.1, 0.15) is 5.82 Å². The lowest BCUT2D eigenvalue weighted by Gasteiger charge is -2.30. The standard InChI is InChI=1S/C17H23N3/c1-11-7-8-13-14(9-11)19-17(18-13)16-10-12-5-3-4-6-15(12)20(16)2/h7-9,12,15-16H,3-6,10H2,1-2H3,(H,18,19)/t12-,15-,16-/m0/s1. The second kappa shape index (κ2) is 4.59. The normalized spacial score (nSPS) is 30.8. The fraction of sp³-hybridized carbons (Fsp3) is 0.588. The summed E-state index contributed by atoms with van der Waals surface area (Å²) in [6.07, 6.45) is 6.88. The van der Waals surface area contributed by atoms with E-state index in [1.165, 1.54) is 49.0 Å². The van der Waals surface area contributed by atoms with Gasteiger partial charge in [0.05, 0.1) is 17.1 Å². The Balaban J connectivity index is 1.68. The average molecular weight is 269 g/mol. The maximum absolute atomic E-state index is 4.87. The minimum Gasteiger partial charge on any atom is -0.341 e. The van der Waals surface area contributed by atoms with E-state index in [2.05, 4.69) is 42.1 Å². The number of rotatable bonds is 1. The molecule has 106 valence electrons. The third kappa shape index (κ3) is 1.87. The van der Waals surface area contributed by atoms with E-state index in [9.17, 15) is 0 Å². The number of hydrogen-bond acceptors (Lipinski definition) is 2. The van der Waals surface area contributed by atoms with Crippen LogP contribution in [0.2, 0.25) is 0 Å². The van der Waals surface area contributed by atoms with Crippen molar-refractivity contribution in [1.29, 1.82) is 0 Å². The third-order valence-corrected chi connectivity index (χ3v) is 5.38. The topological polar surface area (TPSA) is 31.9 Å². The molecule has 1 saturated heterocycles. The molecule has 1 N–H and O–H groups in total. The van der Waals surface area contributed by atoms with Crippen molar-refractivity contribution in [3.05, 3.63) is 29.6 Å². The van der Waals surface area contributed by atoms with Crippen LogP contribution in [0.3, 0.4) is 0 Å². The van der Waals surface area contributed by atoms with Crippen molar-refractivity contribution in [3.63, 3.8) is 0 Å². The molecule has 20 heavy (non-hydrogen) atoms. The van der Waals surface area contributed by atoms with Crippen molar-refractivity contribution < 1.29 is 0 Å². The number of aromatic nitrogens is 2. The van der Waals surface area contributed by atoms with Crippen molar-refractivity contribution >= 4 is 11.0 Å². The zero-order valence-electron chi connectivity index (χ0n) is 12.4. The zero-order valence-corrected chi connectivity index (χ0v) is 12.4. The number of aromatic amines is 1. The van der Waals surface area contributed by atoms with Gasteiger partial charge in [-0.25, -0.2) is 4.98 Å². The van der Waals surface area contributed by atoms with Crippen LogP contribution in [0, 0.1) is 12.8 Å². The van der Waals surface area contributed by atoms with Crippen LogP contribution in [0.4, 0.5) is 0 Å². The molecule has 0 amide bonds. The highest BCUT2D eigenvalue weighted by atomic mass is 15.2. The fourth-order valence-electron chi connectivity index (χ4n) is 4.28. The first-order valence-electron chi connectivity index (χ1n) is 7.90. The van der Waals surface area contributed by atoms with Gasteiger partial charge in [-0.2, -0.15) is 0 Å². The van der Waals surface area contributed by atoms with Crippen LogP contribution in [0.15, 0.2) is 18.2 Å². The molecule has 4 rings (SSSR count). The summed E-state index contributed by atoms with van der Waals surface area (Å²) >= 11 is 0. The van der Waals surface area contributed by atoms with Gasteiger partial charge in [0.15, 0.2) is 0 Å². The summed E-state index contributed by atoms with van der Waals surface area (Å²) in [5.74, 6) is 2.05. The van der Waals surface area contributed by atoms with Crippen LogP contribution >= 0.6 is 0 Å². The molecule has 3 nitrogen and oxygen atoms in total. The van der Waals surface area contributed by atoms with Crippen LogP contribution in [-0.4, -0.2) is 28.0 Å². The Labute approximate surface area is 120 Å². The van der Waals surface area contributed by atoms with Gasteiger partial charge in [0.2, 0.25) is 0 Å². The first-order chi connectivity index (χ1) is 9.72. The molecule has 1 aliphatic heterocycles. The number of nitrogens with zero attached hydrogens (tertiary/aromatic N) is 2. The van der Waals surface area contributed by atoms with Gasteiger partial charge < -0.3 is 4.98 Å². The van der Waals surface area contributed by atoms with Crippen molar-refractivity contribution in [2.75, 3.05) is 7.05 Å². The molecule has 1 saturated carbocycles. The minimum atomic E-state index is 0.482. The van der Waals surface area contributed by atoms with Crippen molar-refractivity contribution in [1.82, 2.24) is 14.9 Å². The molecule has 2 aliphatic rings. The third-order valence-electron chi connectivity index (χ3n) is 5.38. The summed E-state index contributed by atoms with van der Waals surface area (Å²) in [7, 11) is 2.29. The number of likely N-dealkylation sites (tertiary alicyclic amines) is 1. The monoisotopic (exact) mass is 269 g/mol. The zero-order chi connectivity index (χ0) is 13.7. The smallest absolute Gasteiger partial charge is 0.124 e. The number of nitrogens with one attached hydrogen (secondary N) is 1. The molecular formula is C17H23N3. The van der Waals surface area contributed by atoms with Gasteiger partial charge in [0.25, 0.3) is 0 Å². The number of aryl methyl sites for hydroxylation is 1. The second-order valence-corrected chi connectivity index (χ2v) is 6.67. The van der Waals surface area contributed by atoms with Gasteiger partial charge in [-0.3, -0.25) is 4.90 Å². The molecule has 0 bridgehead atoms. The molecule has 1 aliphatic carbocycles. The van der Waals surface area contributed by atoms with Crippen LogP contribution in [0.5, 0.6) is 0 Å². The molecule has 3 atom stereocenters. The van der Waals surface area contributed by atoms with E-state index in [1.807, 2.05) is 0 Å². The van der Waals surface area contributed by atoms with E-state index < -0.39 is 0 Å². The molecule has 1 aromatic carbocycles.